The van der Waals surface area contributed by atoms with Crippen molar-refractivity contribution in [2.75, 3.05) is 31.1 Å². The second kappa shape index (κ2) is 9.51. The molecule has 1 aromatic heterocycles. The lowest BCUT2D eigenvalue weighted by atomic mass is 9.49. The van der Waals surface area contributed by atoms with Gasteiger partial charge >= 0.3 is 6.03 Å². The number of pyridine rings is 1. The van der Waals surface area contributed by atoms with Crippen molar-refractivity contribution < 1.29 is 14.3 Å². The van der Waals surface area contributed by atoms with Crippen LogP contribution in [-0.2, 0) is 0 Å². The summed E-state index contributed by atoms with van der Waals surface area (Å²) < 4.78 is 6.30. The largest absolute Gasteiger partial charge is 0.489 e. The van der Waals surface area contributed by atoms with E-state index >= 15 is 0 Å². The Morgan fingerprint density at radius 2 is 1.81 bits per heavy atom. The number of nitrogens with zero attached hydrogens (tertiary/aromatic N) is 4. The van der Waals surface area contributed by atoms with Crippen LogP contribution in [0.3, 0.4) is 0 Å². The van der Waals surface area contributed by atoms with E-state index in [9.17, 15) is 9.59 Å². The highest BCUT2D eigenvalue weighted by molar-refractivity contribution is 6.31. The number of carbonyl (C=O) groups is 2. The third kappa shape index (κ3) is 4.65. The standard InChI is InChI=1S/C26H31ClN6O3/c1-25(2)22(26(3,4)23(25)36-18-7-5-16(14-28)19(27)13-18)31-24(35)33-11-9-32(10-12-33)20-8-6-17(15-30-20)21(29)34/h5-8,13,15,22-23H,9-12H2,1-4H3,(H2,29,34)(H,31,35). The summed E-state index contributed by atoms with van der Waals surface area (Å²) in [6, 6.07) is 10.3. The number of piperazine rings is 1. The number of nitrogens with two attached hydrogens (primary N) is 1. The van der Waals surface area contributed by atoms with Crippen molar-refractivity contribution in [1.82, 2.24) is 15.2 Å². The molecule has 190 valence electrons. The van der Waals surface area contributed by atoms with Crippen LogP contribution in [0.15, 0.2) is 36.5 Å². The van der Waals surface area contributed by atoms with Gasteiger partial charge in [-0.1, -0.05) is 39.3 Å². The number of amides is 3. The van der Waals surface area contributed by atoms with Gasteiger partial charge in [0.05, 0.1) is 16.1 Å². The Labute approximate surface area is 216 Å². The van der Waals surface area contributed by atoms with Crippen molar-refractivity contribution in [3.63, 3.8) is 0 Å². The van der Waals surface area contributed by atoms with Gasteiger partial charge < -0.3 is 25.6 Å². The lowest BCUT2D eigenvalue weighted by Gasteiger charge is -2.63. The smallest absolute Gasteiger partial charge is 0.317 e. The van der Waals surface area contributed by atoms with Crippen LogP contribution in [0.2, 0.25) is 5.02 Å². The molecule has 10 heteroatoms. The number of hydrogen-bond donors (Lipinski definition) is 2. The summed E-state index contributed by atoms with van der Waals surface area (Å²) in [5.74, 6) is 0.846. The van der Waals surface area contributed by atoms with Gasteiger partial charge in [0, 0.05) is 55.3 Å². The third-order valence-electron chi connectivity index (χ3n) is 7.35. The first-order valence-electron chi connectivity index (χ1n) is 11.9. The molecule has 2 heterocycles. The Kier molecular flexibility index (Phi) is 6.76. The molecule has 1 saturated heterocycles. The Hall–Kier alpha value is -3.51. The molecule has 1 saturated carbocycles. The zero-order valence-corrected chi connectivity index (χ0v) is 21.7. The fraction of sp³-hybridized carbons (Fsp3) is 0.462. The summed E-state index contributed by atoms with van der Waals surface area (Å²) >= 11 is 6.18. The number of carbonyl (C=O) groups excluding carboxylic acids is 2. The molecule has 1 aliphatic carbocycles. The molecule has 1 aliphatic heterocycles. The minimum Gasteiger partial charge on any atom is -0.489 e. The number of urea groups is 1. The number of nitrogens with one attached hydrogen (secondary N) is 1. The van der Waals surface area contributed by atoms with E-state index in [4.69, 9.17) is 27.3 Å². The maximum absolute atomic E-state index is 13.2. The Morgan fingerprint density at radius 3 is 2.33 bits per heavy atom. The number of aromatic nitrogens is 1. The molecule has 9 nitrogen and oxygen atoms in total. The number of nitriles is 1. The van der Waals surface area contributed by atoms with Crippen molar-refractivity contribution in [1.29, 1.82) is 5.26 Å². The molecule has 3 N–H and O–H groups in total. The van der Waals surface area contributed by atoms with Gasteiger partial charge in [0.25, 0.3) is 0 Å². The topological polar surface area (TPSA) is 125 Å². The fourth-order valence-corrected chi connectivity index (χ4v) is 5.88. The predicted octanol–water partition coefficient (Wildman–Crippen LogP) is 3.42. The number of primary amides is 1. The number of anilines is 1. The molecular formula is C26H31ClN6O3. The summed E-state index contributed by atoms with van der Waals surface area (Å²) in [4.78, 5) is 32.6. The van der Waals surface area contributed by atoms with Crippen LogP contribution in [0.25, 0.3) is 0 Å². The molecule has 3 amide bonds. The fourth-order valence-electron chi connectivity index (χ4n) is 5.67. The Morgan fingerprint density at radius 1 is 1.14 bits per heavy atom. The van der Waals surface area contributed by atoms with E-state index in [1.54, 1.807) is 30.3 Å². The van der Waals surface area contributed by atoms with Crippen LogP contribution < -0.4 is 20.7 Å². The first-order valence-corrected chi connectivity index (χ1v) is 12.3. The second-order valence-electron chi connectivity index (χ2n) is 10.5. The van der Waals surface area contributed by atoms with E-state index < -0.39 is 5.91 Å². The molecule has 0 spiro atoms. The predicted molar refractivity (Wildman–Crippen MR) is 137 cm³/mol. The molecule has 0 radical (unpaired) electrons. The van der Waals surface area contributed by atoms with E-state index in [0.717, 1.165) is 5.82 Å². The van der Waals surface area contributed by atoms with Crippen LogP contribution in [0.1, 0.15) is 43.6 Å². The summed E-state index contributed by atoms with van der Waals surface area (Å²) in [6.45, 7) is 10.7. The van der Waals surface area contributed by atoms with Crippen LogP contribution in [0.4, 0.5) is 10.6 Å². The van der Waals surface area contributed by atoms with E-state index in [1.807, 2.05) is 4.90 Å². The summed E-state index contributed by atoms with van der Waals surface area (Å²) in [5, 5.41) is 12.7. The molecule has 0 unspecified atom stereocenters. The van der Waals surface area contributed by atoms with Crippen molar-refractivity contribution in [2.24, 2.45) is 16.6 Å². The first kappa shape index (κ1) is 25.6. The number of ether oxygens (including phenoxy) is 1. The normalized spacial score (nSPS) is 22.2. The third-order valence-corrected chi connectivity index (χ3v) is 7.66. The number of rotatable bonds is 5. The van der Waals surface area contributed by atoms with Crippen molar-refractivity contribution in [3.05, 3.63) is 52.7 Å². The molecule has 2 aromatic rings. The van der Waals surface area contributed by atoms with Gasteiger partial charge in [-0.15, -0.1) is 0 Å². The van der Waals surface area contributed by atoms with Crippen molar-refractivity contribution in [2.45, 2.75) is 39.8 Å². The van der Waals surface area contributed by atoms with Crippen LogP contribution in [0.5, 0.6) is 5.75 Å². The number of benzene rings is 1. The molecule has 36 heavy (non-hydrogen) atoms. The average molecular weight is 511 g/mol. The maximum Gasteiger partial charge on any atom is 0.317 e. The van der Waals surface area contributed by atoms with Gasteiger partial charge in [0.2, 0.25) is 5.91 Å². The van der Waals surface area contributed by atoms with Gasteiger partial charge in [-0.25, -0.2) is 9.78 Å². The highest BCUT2D eigenvalue weighted by atomic mass is 35.5. The van der Waals surface area contributed by atoms with Crippen LogP contribution in [-0.4, -0.2) is 60.1 Å². The molecule has 1 aromatic carbocycles. The highest BCUT2D eigenvalue weighted by Crippen LogP contribution is 2.55. The van der Waals surface area contributed by atoms with Gasteiger partial charge in [-0.3, -0.25) is 4.79 Å². The molecule has 0 bridgehead atoms. The monoisotopic (exact) mass is 510 g/mol. The Bertz CT molecular complexity index is 1180. The molecule has 4 rings (SSSR count). The molecule has 2 aliphatic rings. The maximum atomic E-state index is 13.2. The number of hydrogen-bond acceptors (Lipinski definition) is 6. The van der Waals surface area contributed by atoms with E-state index in [1.165, 1.54) is 6.20 Å². The average Bonchev–Trinajstić information content (AvgIpc) is 2.85. The molecule has 2 fully saturated rings. The van der Waals surface area contributed by atoms with Crippen LogP contribution >= 0.6 is 11.6 Å². The van der Waals surface area contributed by atoms with E-state index in [0.29, 0.717) is 48.1 Å². The summed E-state index contributed by atoms with van der Waals surface area (Å²) in [5.41, 5.74) is 5.40. The zero-order chi connectivity index (χ0) is 26.3. The van der Waals surface area contributed by atoms with Gasteiger partial charge in [-0.2, -0.15) is 5.26 Å². The molecular weight excluding hydrogens is 480 g/mol. The SMILES string of the molecule is CC1(C)C(NC(=O)N2CCN(c3ccc(C(N)=O)cn3)CC2)C(C)(C)C1Oc1ccc(C#N)c(Cl)c1. The van der Waals surface area contributed by atoms with Crippen molar-refractivity contribution >= 4 is 29.4 Å². The summed E-state index contributed by atoms with van der Waals surface area (Å²) in [6.07, 6.45) is 1.31. The summed E-state index contributed by atoms with van der Waals surface area (Å²) in [7, 11) is 0. The highest BCUT2D eigenvalue weighted by Gasteiger charge is 2.64. The number of halogens is 1. The Balaban J connectivity index is 1.35. The van der Waals surface area contributed by atoms with E-state index in [-0.39, 0.29) is 29.0 Å². The minimum atomic E-state index is -0.509. The minimum absolute atomic E-state index is 0.0993. The quantitative estimate of drug-likeness (QED) is 0.635. The van der Waals surface area contributed by atoms with Gasteiger partial charge in [-0.05, 0) is 24.3 Å². The molecule has 0 atom stereocenters. The van der Waals surface area contributed by atoms with E-state index in [2.05, 4.69) is 49.0 Å². The van der Waals surface area contributed by atoms with Gasteiger partial charge in [0.15, 0.2) is 0 Å². The first-order chi connectivity index (χ1) is 16.9. The zero-order valence-electron chi connectivity index (χ0n) is 20.9. The van der Waals surface area contributed by atoms with Crippen molar-refractivity contribution in [3.8, 4) is 11.8 Å². The lowest BCUT2D eigenvalue weighted by Crippen LogP contribution is -2.75. The lowest BCUT2D eigenvalue weighted by molar-refractivity contribution is -0.164. The van der Waals surface area contributed by atoms with Crippen LogP contribution in [0, 0.1) is 22.2 Å². The second-order valence-corrected chi connectivity index (χ2v) is 10.9. The van der Waals surface area contributed by atoms with Gasteiger partial charge in [0.1, 0.15) is 23.7 Å².